The Bertz CT molecular complexity index is 1060. The number of carboxylic acids is 1. The highest BCUT2D eigenvalue weighted by molar-refractivity contribution is 5.96. The molecule has 29 heavy (non-hydrogen) atoms. The summed E-state index contributed by atoms with van der Waals surface area (Å²) in [7, 11) is 0. The van der Waals surface area contributed by atoms with Crippen LogP contribution in [0.2, 0.25) is 0 Å². The number of nitrogens with two attached hydrogens (primary N) is 1. The van der Waals surface area contributed by atoms with Gasteiger partial charge in [0.25, 0.3) is 5.91 Å². The number of primary amides is 1. The molecule has 1 unspecified atom stereocenters. The van der Waals surface area contributed by atoms with Gasteiger partial charge in [-0.05, 0) is 24.1 Å². The highest BCUT2D eigenvalue weighted by Crippen LogP contribution is 2.39. The smallest absolute Gasteiger partial charge is 0.341 e. The van der Waals surface area contributed by atoms with Gasteiger partial charge in [-0.1, -0.05) is 48.5 Å². The lowest BCUT2D eigenvalue weighted by Gasteiger charge is -2.12. The maximum Gasteiger partial charge on any atom is 0.341 e. The van der Waals surface area contributed by atoms with Crippen molar-refractivity contribution in [3.8, 4) is 5.75 Å². The fourth-order valence-corrected chi connectivity index (χ4v) is 3.58. The first kappa shape index (κ1) is 20.1. The number of carbonyl (C=O) groups is 2. The van der Waals surface area contributed by atoms with Gasteiger partial charge >= 0.3 is 5.97 Å². The van der Waals surface area contributed by atoms with Gasteiger partial charge in [0.05, 0.1) is 5.52 Å². The number of hydrogen-bond donors (Lipinski definition) is 2. The number of aliphatic carboxylic acids is 1. The average Bonchev–Trinajstić information content (AvgIpc) is 3.01. The number of fused-ring (bicyclic) bond motifs is 1. The van der Waals surface area contributed by atoms with Crippen molar-refractivity contribution in [3.05, 3.63) is 70.3 Å². The van der Waals surface area contributed by atoms with Gasteiger partial charge in [-0.25, -0.2) is 4.79 Å². The second-order valence-electron chi connectivity index (χ2n) is 6.53. The lowest BCUT2D eigenvalue weighted by atomic mass is 10.0. The van der Waals surface area contributed by atoms with E-state index in [0.717, 1.165) is 11.3 Å². The van der Waals surface area contributed by atoms with Gasteiger partial charge in [0.15, 0.2) is 12.6 Å². The van der Waals surface area contributed by atoms with E-state index in [1.807, 2.05) is 47.9 Å². The number of benzene rings is 2. The Morgan fingerprint density at radius 1 is 1.17 bits per heavy atom. The maximum absolute atomic E-state index is 12.0. The molecule has 3 aromatic rings. The molecule has 0 aliphatic carbocycles. The van der Waals surface area contributed by atoms with E-state index in [-0.39, 0.29) is 5.75 Å². The predicted molar refractivity (Wildman–Crippen MR) is 108 cm³/mol. The van der Waals surface area contributed by atoms with E-state index in [4.69, 9.17) is 15.6 Å². The number of nitroso groups, excluding NO2 is 1. The van der Waals surface area contributed by atoms with E-state index >= 15 is 0 Å². The van der Waals surface area contributed by atoms with E-state index in [9.17, 15) is 14.5 Å². The van der Waals surface area contributed by atoms with Gasteiger partial charge in [-0.2, -0.15) is 0 Å². The lowest BCUT2D eigenvalue weighted by molar-refractivity contribution is -0.139. The van der Waals surface area contributed by atoms with Crippen molar-refractivity contribution < 1.29 is 19.4 Å². The number of aromatic nitrogens is 1. The van der Waals surface area contributed by atoms with Crippen LogP contribution in [0, 0.1) is 4.91 Å². The van der Waals surface area contributed by atoms with Crippen molar-refractivity contribution >= 4 is 22.8 Å². The van der Waals surface area contributed by atoms with Gasteiger partial charge < -0.3 is 20.1 Å². The number of hydrogen-bond acceptors (Lipinski definition) is 5. The number of carbonyl (C=O) groups excluding carboxylic acids is 1. The Balaban J connectivity index is 2.30. The standard InChI is InChI=1S/C21H21N3O5/c1-2-14-19(20(23-28)21(22)27)18-15(9-6-10-16(18)29-12-17(25)26)24(14)11-13-7-4-3-5-8-13/h3-10,20H,2,11-12H2,1H3,(H2,22,27)(H,25,26). The molecule has 3 rings (SSSR count). The van der Waals surface area contributed by atoms with Gasteiger partial charge in [-0.15, -0.1) is 4.91 Å². The molecular formula is C21H21N3O5. The average molecular weight is 395 g/mol. The van der Waals surface area contributed by atoms with Crippen LogP contribution in [0.15, 0.2) is 53.7 Å². The molecule has 1 amide bonds. The van der Waals surface area contributed by atoms with E-state index in [1.54, 1.807) is 12.1 Å². The first-order valence-electron chi connectivity index (χ1n) is 9.12. The number of nitrogens with zero attached hydrogens (tertiary/aromatic N) is 2. The summed E-state index contributed by atoms with van der Waals surface area (Å²) in [5.41, 5.74) is 8.27. The van der Waals surface area contributed by atoms with Gasteiger partial charge in [0.1, 0.15) is 5.75 Å². The first-order chi connectivity index (χ1) is 14.0. The number of amides is 1. The summed E-state index contributed by atoms with van der Waals surface area (Å²) < 4.78 is 7.43. The lowest BCUT2D eigenvalue weighted by Crippen LogP contribution is -2.21. The monoisotopic (exact) mass is 395 g/mol. The largest absolute Gasteiger partial charge is 0.481 e. The maximum atomic E-state index is 12.0. The molecule has 0 aliphatic rings. The highest BCUT2D eigenvalue weighted by atomic mass is 16.5. The van der Waals surface area contributed by atoms with Gasteiger partial charge in [-0.3, -0.25) is 4.79 Å². The van der Waals surface area contributed by atoms with Gasteiger partial charge in [0, 0.05) is 23.2 Å². The van der Waals surface area contributed by atoms with Crippen LogP contribution in [0.5, 0.6) is 5.75 Å². The normalized spacial score (nSPS) is 11.9. The van der Waals surface area contributed by atoms with Crippen molar-refractivity contribution in [1.82, 2.24) is 4.57 Å². The molecule has 1 atom stereocenters. The van der Waals surface area contributed by atoms with Crippen molar-refractivity contribution in [2.75, 3.05) is 6.61 Å². The molecule has 1 aromatic heterocycles. The van der Waals surface area contributed by atoms with Crippen molar-refractivity contribution in [1.29, 1.82) is 0 Å². The van der Waals surface area contributed by atoms with Crippen LogP contribution in [0.3, 0.4) is 0 Å². The molecule has 8 nitrogen and oxygen atoms in total. The minimum Gasteiger partial charge on any atom is -0.481 e. The summed E-state index contributed by atoms with van der Waals surface area (Å²) in [6.07, 6.45) is 0.508. The number of ether oxygens (including phenoxy) is 1. The summed E-state index contributed by atoms with van der Waals surface area (Å²) >= 11 is 0. The topological polar surface area (TPSA) is 124 Å². The van der Waals surface area contributed by atoms with E-state index in [2.05, 4.69) is 5.18 Å². The molecule has 150 valence electrons. The number of rotatable bonds is 9. The van der Waals surface area contributed by atoms with Crippen molar-refractivity contribution in [2.24, 2.45) is 10.9 Å². The zero-order chi connectivity index (χ0) is 21.0. The fourth-order valence-electron chi connectivity index (χ4n) is 3.58. The van der Waals surface area contributed by atoms with Crippen LogP contribution < -0.4 is 10.5 Å². The van der Waals surface area contributed by atoms with Crippen LogP contribution in [-0.4, -0.2) is 28.2 Å². The Morgan fingerprint density at radius 2 is 1.90 bits per heavy atom. The van der Waals surface area contributed by atoms with Crippen LogP contribution >= 0.6 is 0 Å². The summed E-state index contributed by atoms with van der Waals surface area (Å²) in [5, 5.41) is 12.4. The second-order valence-corrected chi connectivity index (χ2v) is 6.53. The third kappa shape index (κ3) is 3.96. The van der Waals surface area contributed by atoms with Crippen LogP contribution in [0.25, 0.3) is 10.9 Å². The molecule has 1 heterocycles. The summed E-state index contributed by atoms with van der Waals surface area (Å²) in [6.45, 7) is 1.84. The Kier molecular flexibility index (Phi) is 5.92. The van der Waals surface area contributed by atoms with Gasteiger partial charge in [0.2, 0.25) is 0 Å². The van der Waals surface area contributed by atoms with Crippen LogP contribution in [-0.2, 0) is 22.6 Å². The molecule has 0 radical (unpaired) electrons. The third-order valence-corrected chi connectivity index (χ3v) is 4.72. The molecule has 0 aliphatic heterocycles. The molecule has 0 spiro atoms. The molecule has 3 N–H and O–H groups in total. The SMILES string of the molecule is CCc1c(C(N=O)C(N)=O)c2c(OCC(=O)O)cccc2n1Cc1ccccc1. The summed E-state index contributed by atoms with van der Waals surface area (Å²) in [4.78, 5) is 34.5. The van der Waals surface area contributed by atoms with E-state index < -0.39 is 24.5 Å². The van der Waals surface area contributed by atoms with Crippen molar-refractivity contribution in [3.63, 3.8) is 0 Å². The molecular weight excluding hydrogens is 374 g/mol. The zero-order valence-electron chi connectivity index (χ0n) is 15.9. The quantitative estimate of drug-likeness (QED) is 0.539. The van der Waals surface area contributed by atoms with Crippen molar-refractivity contribution in [2.45, 2.75) is 25.9 Å². The molecule has 0 saturated carbocycles. The summed E-state index contributed by atoms with van der Waals surface area (Å²) in [5.74, 6) is -1.75. The van der Waals surface area contributed by atoms with E-state index in [0.29, 0.717) is 29.4 Å². The fraction of sp³-hybridized carbons (Fsp3) is 0.238. The first-order valence-corrected chi connectivity index (χ1v) is 9.12. The molecule has 0 bridgehead atoms. The Labute approximate surface area is 166 Å². The molecule has 0 saturated heterocycles. The minimum absolute atomic E-state index is 0.260. The Hall–Kier alpha value is -3.68. The van der Waals surface area contributed by atoms with E-state index in [1.165, 1.54) is 0 Å². The minimum atomic E-state index is -1.40. The number of carboxylic acid groups (broad SMARTS) is 1. The van der Waals surface area contributed by atoms with Crippen LogP contribution in [0.4, 0.5) is 0 Å². The molecule has 2 aromatic carbocycles. The third-order valence-electron chi connectivity index (χ3n) is 4.72. The highest BCUT2D eigenvalue weighted by Gasteiger charge is 2.30. The molecule has 0 fully saturated rings. The molecule has 8 heteroatoms. The Morgan fingerprint density at radius 3 is 2.48 bits per heavy atom. The zero-order valence-corrected chi connectivity index (χ0v) is 15.9. The summed E-state index contributed by atoms with van der Waals surface area (Å²) in [6, 6.07) is 13.5. The second kappa shape index (κ2) is 8.55. The predicted octanol–water partition coefficient (Wildman–Crippen LogP) is 3.01. The van der Waals surface area contributed by atoms with Crippen LogP contribution in [0.1, 0.15) is 29.8 Å².